The Morgan fingerprint density at radius 3 is 2.35 bits per heavy atom. The molecule has 0 aliphatic carbocycles. The third-order valence-corrected chi connectivity index (χ3v) is 4.52. The van der Waals surface area contributed by atoms with Gasteiger partial charge in [-0.1, -0.05) is 30.7 Å². The standard InChI is InChI=1S/C18H17ClF3N3O/c1-11-10-25(24-16(11)12-2-6-14(19)7-3-12)17(26)23-15-8-4-13(5-9-15)18(20,21)22/h2-9,11,16,24H,10H2,1H3,(H,23,26)/t11-,16+/m1/s1. The minimum absolute atomic E-state index is 0.0503. The number of benzene rings is 2. The number of anilines is 1. The van der Waals surface area contributed by atoms with Crippen molar-refractivity contribution in [1.29, 1.82) is 0 Å². The average Bonchev–Trinajstić information content (AvgIpc) is 2.97. The van der Waals surface area contributed by atoms with E-state index in [1.54, 1.807) is 12.1 Å². The molecule has 1 aliphatic heterocycles. The predicted molar refractivity (Wildman–Crippen MR) is 93.7 cm³/mol. The highest BCUT2D eigenvalue weighted by atomic mass is 35.5. The van der Waals surface area contributed by atoms with Crippen LogP contribution in [-0.2, 0) is 6.18 Å². The van der Waals surface area contributed by atoms with Crippen LogP contribution in [0.4, 0.5) is 23.7 Å². The smallest absolute Gasteiger partial charge is 0.307 e. The first-order chi connectivity index (χ1) is 12.2. The number of amides is 2. The van der Waals surface area contributed by atoms with Crippen LogP contribution in [0.25, 0.3) is 0 Å². The van der Waals surface area contributed by atoms with E-state index in [-0.39, 0.29) is 12.0 Å². The lowest BCUT2D eigenvalue weighted by molar-refractivity contribution is -0.137. The largest absolute Gasteiger partial charge is 0.416 e. The van der Waals surface area contributed by atoms with Crippen LogP contribution in [0, 0.1) is 5.92 Å². The molecule has 2 atom stereocenters. The van der Waals surface area contributed by atoms with Crippen molar-refractivity contribution < 1.29 is 18.0 Å². The summed E-state index contributed by atoms with van der Waals surface area (Å²) in [5, 5.41) is 4.67. The summed E-state index contributed by atoms with van der Waals surface area (Å²) < 4.78 is 37.8. The lowest BCUT2D eigenvalue weighted by atomic mass is 9.97. The molecule has 2 amide bonds. The zero-order valence-electron chi connectivity index (χ0n) is 13.8. The minimum atomic E-state index is -4.40. The van der Waals surface area contributed by atoms with Gasteiger partial charge in [0.2, 0.25) is 0 Å². The van der Waals surface area contributed by atoms with Crippen LogP contribution in [0.3, 0.4) is 0 Å². The molecule has 1 heterocycles. The molecule has 2 N–H and O–H groups in total. The highest BCUT2D eigenvalue weighted by Gasteiger charge is 2.33. The van der Waals surface area contributed by atoms with Crippen molar-refractivity contribution in [2.75, 3.05) is 11.9 Å². The van der Waals surface area contributed by atoms with E-state index in [9.17, 15) is 18.0 Å². The number of rotatable bonds is 2. The average molecular weight is 384 g/mol. The summed E-state index contributed by atoms with van der Waals surface area (Å²) >= 11 is 5.90. The van der Waals surface area contributed by atoms with E-state index in [0.717, 1.165) is 17.7 Å². The number of hydrazine groups is 1. The van der Waals surface area contributed by atoms with E-state index in [0.29, 0.717) is 17.3 Å². The first-order valence-corrected chi connectivity index (χ1v) is 8.39. The maximum absolute atomic E-state index is 12.6. The number of alkyl halides is 3. The molecular weight excluding hydrogens is 367 g/mol. The number of hydrogen-bond acceptors (Lipinski definition) is 2. The minimum Gasteiger partial charge on any atom is -0.307 e. The van der Waals surface area contributed by atoms with E-state index in [1.807, 2.05) is 19.1 Å². The second-order valence-corrected chi connectivity index (χ2v) is 6.69. The van der Waals surface area contributed by atoms with Gasteiger partial charge in [0.1, 0.15) is 0 Å². The Balaban J connectivity index is 1.64. The Hall–Kier alpha value is -2.25. The molecule has 138 valence electrons. The van der Waals surface area contributed by atoms with Crippen molar-refractivity contribution in [3.05, 3.63) is 64.7 Å². The van der Waals surface area contributed by atoms with Crippen LogP contribution in [-0.4, -0.2) is 17.6 Å². The molecule has 0 unspecified atom stereocenters. The van der Waals surface area contributed by atoms with Gasteiger partial charge in [-0.3, -0.25) is 5.01 Å². The Morgan fingerprint density at radius 2 is 1.77 bits per heavy atom. The van der Waals surface area contributed by atoms with Crippen LogP contribution in [0.1, 0.15) is 24.1 Å². The quantitative estimate of drug-likeness (QED) is 0.758. The molecule has 2 aromatic carbocycles. The van der Waals surface area contributed by atoms with Crippen molar-refractivity contribution in [3.63, 3.8) is 0 Å². The van der Waals surface area contributed by atoms with Crippen LogP contribution >= 0.6 is 11.6 Å². The molecule has 1 saturated heterocycles. The maximum atomic E-state index is 12.6. The molecule has 1 aliphatic rings. The monoisotopic (exact) mass is 383 g/mol. The fraction of sp³-hybridized carbons (Fsp3) is 0.278. The molecule has 0 bridgehead atoms. The van der Waals surface area contributed by atoms with Crippen molar-refractivity contribution >= 4 is 23.3 Å². The van der Waals surface area contributed by atoms with Gasteiger partial charge in [0.15, 0.2) is 0 Å². The highest BCUT2D eigenvalue weighted by Crippen LogP contribution is 2.31. The summed E-state index contributed by atoms with van der Waals surface area (Å²) in [6.45, 7) is 2.48. The van der Waals surface area contributed by atoms with Crippen LogP contribution in [0.2, 0.25) is 5.02 Å². The molecule has 3 rings (SSSR count). The Labute approximate surface area is 153 Å². The van der Waals surface area contributed by atoms with Gasteiger partial charge in [-0.15, -0.1) is 0 Å². The molecule has 0 spiro atoms. The van der Waals surface area contributed by atoms with Crippen molar-refractivity contribution in [2.24, 2.45) is 5.92 Å². The van der Waals surface area contributed by atoms with Crippen LogP contribution in [0.15, 0.2) is 48.5 Å². The summed E-state index contributed by atoms with van der Waals surface area (Å²) in [4.78, 5) is 12.4. The van der Waals surface area contributed by atoms with E-state index >= 15 is 0 Å². The fourth-order valence-electron chi connectivity index (χ4n) is 2.89. The van der Waals surface area contributed by atoms with E-state index in [2.05, 4.69) is 10.7 Å². The second-order valence-electron chi connectivity index (χ2n) is 6.25. The number of urea groups is 1. The van der Waals surface area contributed by atoms with Crippen molar-refractivity contribution in [2.45, 2.75) is 19.1 Å². The first kappa shape index (κ1) is 18.5. The Kier molecular flexibility index (Phi) is 5.11. The lowest BCUT2D eigenvalue weighted by Gasteiger charge is -2.19. The SMILES string of the molecule is C[C@@H]1CN(C(=O)Nc2ccc(C(F)(F)F)cc2)N[C@@H]1c1ccc(Cl)cc1. The van der Waals surface area contributed by atoms with Gasteiger partial charge in [0, 0.05) is 17.3 Å². The summed E-state index contributed by atoms with van der Waals surface area (Å²) in [7, 11) is 0. The maximum Gasteiger partial charge on any atom is 0.416 e. The van der Waals surface area contributed by atoms with Gasteiger partial charge >= 0.3 is 12.2 Å². The molecule has 0 saturated carbocycles. The topological polar surface area (TPSA) is 44.4 Å². The molecule has 2 aromatic rings. The van der Waals surface area contributed by atoms with Gasteiger partial charge in [-0.25, -0.2) is 10.2 Å². The molecule has 0 aromatic heterocycles. The van der Waals surface area contributed by atoms with E-state index in [4.69, 9.17) is 11.6 Å². The second kappa shape index (κ2) is 7.17. The number of nitrogens with zero attached hydrogens (tertiary/aromatic N) is 1. The normalized spacial score (nSPS) is 20.3. The van der Waals surface area contributed by atoms with E-state index < -0.39 is 17.8 Å². The summed E-state index contributed by atoms with van der Waals surface area (Å²) in [6, 6.07) is 11.2. The number of halogens is 4. The molecule has 26 heavy (non-hydrogen) atoms. The van der Waals surface area contributed by atoms with Gasteiger partial charge in [-0.2, -0.15) is 13.2 Å². The van der Waals surface area contributed by atoms with Crippen LogP contribution in [0.5, 0.6) is 0 Å². The van der Waals surface area contributed by atoms with Gasteiger partial charge in [-0.05, 0) is 47.9 Å². The molecule has 8 heteroatoms. The van der Waals surface area contributed by atoms with Gasteiger partial charge in [0.05, 0.1) is 11.6 Å². The molecule has 1 fully saturated rings. The lowest BCUT2D eigenvalue weighted by Crippen LogP contribution is -2.40. The van der Waals surface area contributed by atoms with E-state index in [1.165, 1.54) is 17.1 Å². The number of carbonyl (C=O) groups excluding carboxylic acids is 1. The summed E-state index contributed by atoms with van der Waals surface area (Å²) in [6.07, 6.45) is -4.40. The van der Waals surface area contributed by atoms with Gasteiger partial charge < -0.3 is 5.32 Å². The third kappa shape index (κ3) is 4.11. The van der Waals surface area contributed by atoms with Crippen LogP contribution < -0.4 is 10.7 Å². The fourth-order valence-corrected chi connectivity index (χ4v) is 3.02. The zero-order chi connectivity index (χ0) is 18.9. The van der Waals surface area contributed by atoms with Crippen molar-refractivity contribution in [3.8, 4) is 0 Å². The van der Waals surface area contributed by atoms with Gasteiger partial charge in [0.25, 0.3) is 0 Å². The first-order valence-electron chi connectivity index (χ1n) is 8.01. The zero-order valence-corrected chi connectivity index (χ0v) is 14.6. The highest BCUT2D eigenvalue weighted by molar-refractivity contribution is 6.30. The molecule has 0 radical (unpaired) electrons. The van der Waals surface area contributed by atoms with Crippen molar-refractivity contribution in [1.82, 2.24) is 10.4 Å². The molecule has 4 nitrogen and oxygen atoms in total. The summed E-state index contributed by atoms with van der Waals surface area (Å²) in [5.74, 6) is 0.162. The Morgan fingerprint density at radius 1 is 1.15 bits per heavy atom. The number of carbonyl (C=O) groups is 1. The molecular formula is C18H17ClF3N3O. The number of hydrogen-bond donors (Lipinski definition) is 2. The summed E-state index contributed by atoms with van der Waals surface area (Å²) in [5.41, 5.74) is 3.68. The number of nitrogens with one attached hydrogen (secondary N) is 2. The Bertz CT molecular complexity index is 778. The predicted octanol–water partition coefficient (Wildman–Crippen LogP) is 5.09. The third-order valence-electron chi connectivity index (χ3n) is 4.27.